The van der Waals surface area contributed by atoms with E-state index in [0.717, 1.165) is 16.7 Å². The fourth-order valence-electron chi connectivity index (χ4n) is 4.02. The van der Waals surface area contributed by atoms with E-state index in [1.54, 1.807) is 4.90 Å². The molecular formula is C25H38BN3O5. The molecule has 2 fully saturated rings. The summed E-state index contributed by atoms with van der Waals surface area (Å²) in [4.78, 5) is 30.2. The SMILES string of the molecule is Cc1cc(B2OC(C)(C)C(C)(C)O2)ccc1N=C(NC=O)C1CCN(C(=O)OC(C)(C)C)CC1. The van der Waals surface area contributed by atoms with Gasteiger partial charge in [0.25, 0.3) is 0 Å². The maximum atomic E-state index is 12.4. The maximum Gasteiger partial charge on any atom is 0.494 e. The zero-order valence-electron chi connectivity index (χ0n) is 21.7. The predicted molar refractivity (Wildman–Crippen MR) is 134 cm³/mol. The normalized spacial score (nSPS) is 20.9. The van der Waals surface area contributed by atoms with Crippen molar-refractivity contribution >= 4 is 36.6 Å². The molecule has 1 aromatic rings. The molecule has 0 aliphatic carbocycles. The van der Waals surface area contributed by atoms with E-state index in [2.05, 4.69) is 5.32 Å². The molecule has 186 valence electrons. The number of likely N-dealkylation sites (tertiary alicyclic amines) is 1. The zero-order chi connectivity index (χ0) is 25.3. The van der Waals surface area contributed by atoms with Gasteiger partial charge in [0, 0.05) is 19.0 Å². The molecule has 0 saturated carbocycles. The fourth-order valence-corrected chi connectivity index (χ4v) is 4.02. The Labute approximate surface area is 203 Å². The van der Waals surface area contributed by atoms with Crippen LogP contribution in [0.4, 0.5) is 10.5 Å². The fraction of sp³-hybridized carbons (Fsp3) is 0.640. The Morgan fingerprint density at radius 3 is 2.26 bits per heavy atom. The molecule has 1 aromatic carbocycles. The molecule has 9 heteroatoms. The molecular weight excluding hydrogens is 433 g/mol. The maximum absolute atomic E-state index is 12.4. The van der Waals surface area contributed by atoms with Gasteiger partial charge in [-0.2, -0.15) is 0 Å². The molecule has 2 amide bonds. The third kappa shape index (κ3) is 5.99. The summed E-state index contributed by atoms with van der Waals surface area (Å²) >= 11 is 0. The van der Waals surface area contributed by atoms with E-state index >= 15 is 0 Å². The van der Waals surface area contributed by atoms with Crippen LogP contribution in [0.15, 0.2) is 23.2 Å². The van der Waals surface area contributed by atoms with Gasteiger partial charge >= 0.3 is 13.2 Å². The van der Waals surface area contributed by atoms with E-state index in [1.165, 1.54) is 0 Å². The quantitative estimate of drug-likeness (QED) is 0.313. The lowest BCUT2D eigenvalue weighted by Crippen LogP contribution is -2.44. The molecule has 0 aromatic heterocycles. The number of carbonyl (C=O) groups is 2. The van der Waals surface area contributed by atoms with Gasteiger partial charge in [-0.05, 0) is 85.3 Å². The monoisotopic (exact) mass is 471 g/mol. The molecule has 0 unspecified atom stereocenters. The lowest BCUT2D eigenvalue weighted by Gasteiger charge is -2.33. The van der Waals surface area contributed by atoms with Gasteiger partial charge in [-0.1, -0.05) is 12.1 Å². The van der Waals surface area contributed by atoms with E-state index in [-0.39, 0.29) is 12.0 Å². The van der Waals surface area contributed by atoms with Gasteiger partial charge in [0.2, 0.25) is 6.41 Å². The van der Waals surface area contributed by atoms with Crippen LogP contribution in [0.5, 0.6) is 0 Å². The van der Waals surface area contributed by atoms with E-state index in [9.17, 15) is 9.59 Å². The first-order valence-corrected chi connectivity index (χ1v) is 12.0. The van der Waals surface area contributed by atoms with Crippen molar-refractivity contribution in [2.75, 3.05) is 13.1 Å². The Hall–Kier alpha value is -2.39. The van der Waals surface area contributed by atoms with Gasteiger partial charge in [-0.3, -0.25) is 4.79 Å². The van der Waals surface area contributed by atoms with Crippen LogP contribution in [0.25, 0.3) is 0 Å². The predicted octanol–water partition coefficient (Wildman–Crippen LogP) is 3.72. The minimum Gasteiger partial charge on any atom is -0.444 e. The number of ether oxygens (including phenoxy) is 1. The summed E-state index contributed by atoms with van der Waals surface area (Å²) in [5.74, 6) is 0.663. The van der Waals surface area contributed by atoms with Crippen molar-refractivity contribution in [3.63, 3.8) is 0 Å². The largest absolute Gasteiger partial charge is 0.494 e. The summed E-state index contributed by atoms with van der Waals surface area (Å²) in [7, 11) is -0.438. The summed E-state index contributed by atoms with van der Waals surface area (Å²) in [6.45, 7) is 16.8. The van der Waals surface area contributed by atoms with Crippen LogP contribution < -0.4 is 10.8 Å². The van der Waals surface area contributed by atoms with Crippen molar-refractivity contribution in [1.29, 1.82) is 0 Å². The van der Waals surface area contributed by atoms with Gasteiger partial charge in [-0.25, -0.2) is 9.79 Å². The van der Waals surface area contributed by atoms with E-state index in [0.29, 0.717) is 38.2 Å². The third-order valence-electron chi connectivity index (χ3n) is 6.73. The minimum absolute atomic E-state index is 0.0473. The second-order valence-corrected chi connectivity index (χ2v) is 11.1. The Kier molecular flexibility index (Phi) is 7.48. The van der Waals surface area contributed by atoms with Crippen LogP contribution in [-0.4, -0.2) is 60.2 Å². The summed E-state index contributed by atoms with van der Waals surface area (Å²) in [5.41, 5.74) is 1.34. The number of aliphatic imine (C=N–C) groups is 1. The van der Waals surface area contributed by atoms with Crippen molar-refractivity contribution in [2.45, 2.75) is 85.0 Å². The Bertz CT molecular complexity index is 930. The molecule has 0 radical (unpaired) electrons. The second-order valence-electron chi connectivity index (χ2n) is 11.1. The number of piperidine rings is 1. The summed E-state index contributed by atoms with van der Waals surface area (Å²) < 4.78 is 17.8. The van der Waals surface area contributed by atoms with E-state index in [4.69, 9.17) is 19.0 Å². The molecule has 3 rings (SSSR count). The number of hydrogen-bond donors (Lipinski definition) is 1. The highest BCUT2D eigenvalue weighted by Gasteiger charge is 2.51. The lowest BCUT2D eigenvalue weighted by atomic mass is 9.78. The van der Waals surface area contributed by atoms with Crippen molar-refractivity contribution in [3.8, 4) is 0 Å². The standard InChI is InChI=1S/C25H38BN3O5/c1-17-15-19(26-33-24(5,6)25(7,8)34-26)9-10-20(17)28-21(27-16-30)18-11-13-29(14-12-18)22(31)32-23(2,3)4/h9-10,15-16,18H,11-14H2,1-8H3,(H,27,28,30). The first kappa shape index (κ1) is 26.2. The van der Waals surface area contributed by atoms with E-state index in [1.807, 2.05) is 73.6 Å². The van der Waals surface area contributed by atoms with Gasteiger partial charge < -0.3 is 24.3 Å². The first-order valence-electron chi connectivity index (χ1n) is 12.0. The van der Waals surface area contributed by atoms with Crippen molar-refractivity contribution in [3.05, 3.63) is 23.8 Å². The first-order chi connectivity index (χ1) is 15.7. The Morgan fingerprint density at radius 2 is 1.76 bits per heavy atom. The molecule has 0 spiro atoms. The summed E-state index contributed by atoms with van der Waals surface area (Å²) in [6.07, 6.45) is 1.75. The van der Waals surface area contributed by atoms with Crippen LogP contribution in [0.1, 0.15) is 66.9 Å². The molecule has 2 aliphatic rings. The number of carbonyl (C=O) groups excluding carboxylic acids is 2. The number of rotatable bonds is 4. The number of nitrogens with one attached hydrogen (secondary N) is 1. The van der Waals surface area contributed by atoms with Crippen LogP contribution in [0, 0.1) is 12.8 Å². The van der Waals surface area contributed by atoms with Crippen LogP contribution in [0.3, 0.4) is 0 Å². The van der Waals surface area contributed by atoms with Crippen molar-refractivity contribution < 1.29 is 23.6 Å². The highest BCUT2D eigenvalue weighted by atomic mass is 16.7. The van der Waals surface area contributed by atoms with Crippen molar-refractivity contribution in [1.82, 2.24) is 10.2 Å². The number of benzene rings is 1. The molecule has 2 aliphatic heterocycles. The third-order valence-corrected chi connectivity index (χ3v) is 6.73. The lowest BCUT2D eigenvalue weighted by molar-refractivity contribution is -0.108. The number of amides is 2. The molecule has 2 saturated heterocycles. The summed E-state index contributed by atoms with van der Waals surface area (Å²) in [6, 6.07) is 5.90. The second kappa shape index (κ2) is 9.70. The van der Waals surface area contributed by atoms with E-state index < -0.39 is 23.9 Å². The average Bonchev–Trinajstić information content (AvgIpc) is 2.95. The molecule has 8 nitrogen and oxygen atoms in total. The molecule has 34 heavy (non-hydrogen) atoms. The topological polar surface area (TPSA) is 89.5 Å². The average molecular weight is 471 g/mol. The van der Waals surface area contributed by atoms with Gasteiger partial charge in [0.1, 0.15) is 11.4 Å². The van der Waals surface area contributed by atoms with Crippen LogP contribution in [0.2, 0.25) is 0 Å². The number of hydrogen-bond acceptors (Lipinski definition) is 6. The van der Waals surface area contributed by atoms with Crippen LogP contribution >= 0.6 is 0 Å². The number of nitrogens with zero attached hydrogens (tertiary/aromatic N) is 2. The number of aryl methyl sites for hydroxylation is 1. The van der Waals surface area contributed by atoms with Crippen molar-refractivity contribution in [2.24, 2.45) is 10.9 Å². The minimum atomic E-state index is -0.524. The molecule has 0 atom stereocenters. The Balaban J connectivity index is 1.72. The highest BCUT2D eigenvalue weighted by molar-refractivity contribution is 6.62. The van der Waals surface area contributed by atoms with Gasteiger partial charge in [-0.15, -0.1) is 0 Å². The number of amidine groups is 1. The summed E-state index contributed by atoms with van der Waals surface area (Å²) in [5, 5.41) is 2.79. The van der Waals surface area contributed by atoms with Crippen LogP contribution in [-0.2, 0) is 18.8 Å². The molecule has 2 heterocycles. The smallest absolute Gasteiger partial charge is 0.444 e. The molecule has 1 N–H and O–H groups in total. The van der Waals surface area contributed by atoms with Gasteiger partial charge in [0.15, 0.2) is 0 Å². The molecule has 0 bridgehead atoms. The van der Waals surface area contributed by atoms with Gasteiger partial charge in [0.05, 0.1) is 16.9 Å². The highest BCUT2D eigenvalue weighted by Crippen LogP contribution is 2.36. The zero-order valence-corrected chi connectivity index (χ0v) is 21.7. The Morgan fingerprint density at radius 1 is 1.18 bits per heavy atom.